The van der Waals surface area contributed by atoms with Gasteiger partial charge < -0.3 is 10.2 Å². The Kier molecular flexibility index (Phi) is 4.80. The number of rotatable bonds is 5. The van der Waals surface area contributed by atoms with E-state index in [-0.39, 0.29) is 17.4 Å². The third kappa shape index (κ3) is 3.88. The number of nitrogens with zero attached hydrogens (tertiary/aromatic N) is 4. The lowest BCUT2D eigenvalue weighted by Gasteiger charge is -2.28. The van der Waals surface area contributed by atoms with Crippen LogP contribution in [0.5, 0.6) is 0 Å². The number of nitrogens with one attached hydrogen (secondary N) is 1. The fraction of sp³-hybridized carbons (Fsp3) is 0.588. The maximum Gasteiger partial charge on any atom is 0.222 e. The van der Waals surface area contributed by atoms with E-state index in [1.54, 1.807) is 10.7 Å². The van der Waals surface area contributed by atoms with E-state index in [4.69, 9.17) is 0 Å². The first-order chi connectivity index (χ1) is 11.3. The molecule has 1 aliphatic rings. The first-order valence-electron chi connectivity index (χ1n) is 8.37. The van der Waals surface area contributed by atoms with Gasteiger partial charge in [-0.2, -0.15) is 5.10 Å². The molecule has 0 bridgehead atoms. The molecule has 7 heteroatoms. The molecule has 1 saturated heterocycles. The van der Waals surface area contributed by atoms with Crippen molar-refractivity contribution in [1.82, 2.24) is 19.5 Å². The van der Waals surface area contributed by atoms with Crippen molar-refractivity contribution in [1.29, 1.82) is 0 Å². The number of carbonyl (C=O) groups excluding carboxylic acids is 1. The zero-order chi connectivity index (χ0) is 17.3. The van der Waals surface area contributed by atoms with E-state index in [1.807, 2.05) is 17.2 Å². The summed E-state index contributed by atoms with van der Waals surface area (Å²) in [5.74, 6) is 1.08. The second-order valence-corrected chi connectivity index (χ2v) is 8.40. The predicted molar refractivity (Wildman–Crippen MR) is 98.0 cm³/mol. The van der Waals surface area contributed by atoms with Crippen molar-refractivity contribution in [3.05, 3.63) is 22.9 Å². The van der Waals surface area contributed by atoms with Crippen molar-refractivity contribution in [3.63, 3.8) is 0 Å². The van der Waals surface area contributed by atoms with E-state index in [2.05, 4.69) is 52.1 Å². The Labute approximate surface area is 150 Å². The molecule has 1 fully saturated rings. The minimum absolute atomic E-state index is 0.238. The number of carbonyl (C=O) groups is 1. The highest BCUT2D eigenvalue weighted by atomic mass is 79.9. The van der Waals surface area contributed by atoms with E-state index in [0.717, 1.165) is 41.9 Å². The minimum Gasteiger partial charge on any atom is -0.368 e. The van der Waals surface area contributed by atoms with Gasteiger partial charge in [-0.15, -0.1) is 0 Å². The van der Waals surface area contributed by atoms with E-state index < -0.39 is 0 Å². The third-order valence-corrected chi connectivity index (χ3v) is 4.96. The van der Waals surface area contributed by atoms with Crippen LogP contribution in [0, 0.1) is 5.41 Å². The number of hydrogen-bond acceptors (Lipinski definition) is 4. The first kappa shape index (κ1) is 17.2. The van der Waals surface area contributed by atoms with E-state index >= 15 is 0 Å². The third-order valence-electron chi connectivity index (χ3n) is 4.40. The molecule has 2 aromatic heterocycles. The molecule has 3 heterocycles. The van der Waals surface area contributed by atoms with Crippen LogP contribution in [0.2, 0.25) is 0 Å². The minimum atomic E-state index is 0.238. The first-order valence-corrected chi connectivity index (χ1v) is 9.16. The maximum absolute atomic E-state index is 12.2. The second-order valence-electron chi connectivity index (χ2n) is 7.54. The van der Waals surface area contributed by atoms with Crippen LogP contribution in [-0.2, 0) is 4.79 Å². The molecule has 1 unspecified atom stereocenters. The monoisotopic (exact) mass is 393 g/mol. The van der Waals surface area contributed by atoms with Crippen LogP contribution in [0.3, 0.4) is 0 Å². The quantitative estimate of drug-likeness (QED) is 0.845. The van der Waals surface area contributed by atoms with Crippen LogP contribution >= 0.6 is 15.9 Å². The Morgan fingerprint density at radius 1 is 1.42 bits per heavy atom. The number of likely N-dealkylation sites (tertiary alicyclic amines) is 1. The summed E-state index contributed by atoms with van der Waals surface area (Å²) in [7, 11) is 0. The summed E-state index contributed by atoms with van der Waals surface area (Å²) in [4.78, 5) is 18.8. The molecular formula is C17H24BrN5O. The van der Waals surface area contributed by atoms with Gasteiger partial charge in [0.25, 0.3) is 0 Å². The molecule has 0 spiro atoms. The zero-order valence-corrected chi connectivity index (χ0v) is 16.0. The lowest BCUT2D eigenvalue weighted by molar-refractivity contribution is -0.129. The number of aromatic nitrogens is 3. The van der Waals surface area contributed by atoms with Gasteiger partial charge in [-0.25, -0.2) is 9.50 Å². The second kappa shape index (κ2) is 6.70. The summed E-state index contributed by atoms with van der Waals surface area (Å²) in [5.41, 5.74) is 1.02. The fourth-order valence-corrected chi connectivity index (χ4v) is 3.29. The van der Waals surface area contributed by atoms with Gasteiger partial charge in [-0.05, 0) is 40.3 Å². The molecule has 0 aliphatic carbocycles. The van der Waals surface area contributed by atoms with Crippen molar-refractivity contribution < 1.29 is 4.79 Å². The molecule has 1 aliphatic heterocycles. The SMILES string of the molecule is CC(C)(C)CCN1C(=O)CCC1CNc1ccn2ncc(Br)c2n1. The van der Waals surface area contributed by atoms with Crippen LogP contribution in [0.25, 0.3) is 5.65 Å². The van der Waals surface area contributed by atoms with Gasteiger partial charge in [0.15, 0.2) is 5.65 Å². The van der Waals surface area contributed by atoms with Gasteiger partial charge in [0, 0.05) is 31.7 Å². The molecule has 1 amide bonds. The summed E-state index contributed by atoms with van der Waals surface area (Å²) in [6, 6.07) is 2.15. The van der Waals surface area contributed by atoms with Crippen LogP contribution in [0.15, 0.2) is 22.9 Å². The Morgan fingerprint density at radius 2 is 2.21 bits per heavy atom. The number of hydrogen-bond donors (Lipinski definition) is 1. The molecule has 130 valence electrons. The molecule has 1 N–H and O–H groups in total. The van der Waals surface area contributed by atoms with E-state index in [9.17, 15) is 4.79 Å². The predicted octanol–water partition coefficient (Wildman–Crippen LogP) is 3.33. The summed E-state index contributed by atoms with van der Waals surface area (Å²) >= 11 is 3.45. The summed E-state index contributed by atoms with van der Waals surface area (Å²) in [6.07, 6.45) is 6.19. The molecule has 3 rings (SSSR count). The van der Waals surface area contributed by atoms with E-state index in [1.165, 1.54) is 0 Å². The number of anilines is 1. The smallest absolute Gasteiger partial charge is 0.222 e. The Hall–Kier alpha value is -1.63. The highest BCUT2D eigenvalue weighted by Crippen LogP contribution is 2.25. The van der Waals surface area contributed by atoms with Crippen molar-refractivity contribution in [2.45, 2.75) is 46.1 Å². The van der Waals surface area contributed by atoms with Gasteiger partial charge in [0.1, 0.15) is 5.82 Å². The molecule has 1 atom stereocenters. The average molecular weight is 394 g/mol. The number of halogens is 1. The zero-order valence-electron chi connectivity index (χ0n) is 14.4. The van der Waals surface area contributed by atoms with Crippen molar-refractivity contribution in [2.24, 2.45) is 5.41 Å². The standard InChI is InChI=1S/C17H24BrN5O/c1-17(2,3)7-9-22-12(4-5-15(22)24)10-19-14-6-8-23-16(21-14)13(18)11-20-23/h6,8,11-12H,4-5,7,9-10H2,1-3H3,(H,19,21). The highest BCUT2D eigenvalue weighted by Gasteiger charge is 2.31. The molecule has 0 saturated carbocycles. The normalized spacial score (nSPS) is 18.6. The molecule has 2 aromatic rings. The molecule has 6 nitrogen and oxygen atoms in total. The van der Waals surface area contributed by atoms with Crippen LogP contribution in [-0.4, -0.2) is 44.5 Å². The number of fused-ring (bicyclic) bond motifs is 1. The van der Waals surface area contributed by atoms with Gasteiger partial charge in [-0.3, -0.25) is 4.79 Å². The highest BCUT2D eigenvalue weighted by molar-refractivity contribution is 9.10. The Bertz CT molecular complexity index is 736. The Morgan fingerprint density at radius 3 is 2.96 bits per heavy atom. The number of amides is 1. The summed E-state index contributed by atoms with van der Waals surface area (Å²) in [6.45, 7) is 8.19. The van der Waals surface area contributed by atoms with Gasteiger partial charge in [-0.1, -0.05) is 20.8 Å². The van der Waals surface area contributed by atoms with E-state index in [0.29, 0.717) is 6.42 Å². The van der Waals surface area contributed by atoms with Gasteiger partial charge >= 0.3 is 0 Å². The van der Waals surface area contributed by atoms with Gasteiger partial charge in [0.05, 0.1) is 10.7 Å². The topological polar surface area (TPSA) is 62.5 Å². The summed E-state index contributed by atoms with van der Waals surface area (Å²) in [5, 5.41) is 7.57. The fourth-order valence-electron chi connectivity index (χ4n) is 2.93. The van der Waals surface area contributed by atoms with Crippen molar-refractivity contribution in [3.8, 4) is 0 Å². The van der Waals surface area contributed by atoms with Crippen molar-refractivity contribution >= 4 is 33.3 Å². The van der Waals surface area contributed by atoms with Crippen LogP contribution in [0.1, 0.15) is 40.0 Å². The average Bonchev–Trinajstić information content (AvgIpc) is 3.06. The lowest BCUT2D eigenvalue weighted by atomic mass is 9.92. The lowest BCUT2D eigenvalue weighted by Crippen LogP contribution is -2.39. The molecule has 0 aromatic carbocycles. The molecule has 24 heavy (non-hydrogen) atoms. The molecule has 0 radical (unpaired) electrons. The van der Waals surface area contributed by atoms with Crippen LogP contribution < -0.4 is 5.32 Å². The molecular weight excluding hydrogens is 370 g/mol. The Balaban J connectivity index is 1.63. The summed E-state index contributed by atoms with van der Waals surface area (Å²) < 4.78 is 2.60. The maximum atomic E-state index is 12.2. The van der Waals surface area contributed by atoms with Crippen molar-refractivity contribution in [2.75, 3.05) is 18.4 Å². The van der Waals surface area contributed by atoms with Crippen LogP contribution in [0.4, 0.5) is 5.82 Å². The largest absolute Gasteiger partial charge is 0.368 e. The van der Waals surface area contributed by atoms with Gasteiger partial charge in [0.2, 0.25) is 5.91 Å².